The van der Waals surface area contributed by atoms with Gasteiger partial charge in [-0.2, -0.15) is 0 Å². The maximum Gasteiger partial charge on any atom is 0.247 e. The zero-order valence-corrected chi connectivity index (χ0v) is 10.3. The van der Waals surface area contributed by atoms with Gasteiger partial charge in [-0.15, -0.1) is 0 Å². The smallest absolute Gasteiger partial charge is 0.247 e. The summed E-state index contributed by atoms with van der Waals surface area (Å²) < 4.78 is 0. The quantitative estimate of drug-likeness (QED) is 0.794. The molecule has 18 heavy (non-hydrogen) atoms. The molecule has 4 nitrogen and oxygen atoms in total. The zero-order valence-electron chi connectivity index (χ0n) is 10.3. The van der Waals surface area contributed by atoms with E-state index in [2.05, 4.69) is 11.9 Å². The molecular weight excluding hydrogens is 228 g/mol. The van der Waals surface area contributed by atoms with Gasteiger partial charge < -0.3 is 10.2 Å². The number of rotatable bonds is 2. The van der Waals surface area contributed by atoms with Crippen molar-refractivity contribution in [3.05, 3.63) is 48.0 Å². The topological polar surface area (TPSA) is 49.4 Å². The Balaban J connectivity index is 2.38. The lowest BCUT2D eigenvalue weighted by Crippen LogP contribution is -2.51. The van der Waals surface area contributed by atoms with Gasteiger partial charge in [0.1, 0.15) is 6.04 Å². The van der Waals surface area contributed by atoms with Crippen LogP contribution in [0.5, 0.6) is 0 Å². The first-order valence-corrected chi connectivity index (χ1v) is 5.91. The number of carbonyl (C=O) groups is 2. The number of carbonyl (C=O) groups excluding carboxylic acids is 2. The van der Waals surface area contributed by atoms with E-state index in [0.29, 0.717) is 13.1 Å². The molecule has 0 radical (unpaired) electrons. The fourth-order valence-electron chi connectivity index (χ4n) is 2.19. The summed E-state index contributed by atoms with van der Waals surface area (Å²) >= 11 is 0. The number of aryl methyl sites for hydroxylation is 1. The van der Waals surface area contributed by atoms with Crippen molar-refractivity contribution >= 4 is 11.8 Å². The number of nitrogens with one attached hydrogen (secondary N) is 1. The molecule has 2 amide bonds. The van der Waals surface area contributed by atoms with Crippen molar-refractivity contribution in [3.8, 4) is 0 Å². The van der Waals surface area contributed by atoms with E-state index in [1.54, 1.807) is 4.90 Å². The number of hydrogen-bond acceptors (Lipinski definition) is 2. The normalized spacial score (nSPS) is 19.3. The Bertz CT molecular complexity index is 496. The molecule has 1 fully saturated rings. The zero-order chi connectivity index (χ0) is 13.1. The van der Waals surface area contributed by atoms with E-state index in [4.69, 9.17) is 0 Å². The van der Waals surface area contributed by atoms with Crippen molar-refractivity contribution in [3.63, 3.8) is 0 Å². The van der Waals surface area contributed by atoms with Crippen molar-refractivity contribution in [2.45, 2.75) is 13.0 Å². The predicted octanol–water partition coefficient (Wildman–Crippen LogP) is 1.18. The molecule has 0 bridgehead atoms. The highest BCUT2D eigenvalue weighted by atomic mass is 16.2. The summed E-state index contributed by atoms with van der Waals surface area (Å²) in [5, 5.41) is 2.79. The number of amides is 2. The Hall–Kier alpha value is -2.10. The average Bonchev–Trinajstić information content (AvgIpc) is 2.37. The van der Waals surface area contributed by atoms with Crippen LogP contribution in [-0.4, -0.2) is 29.8 Å². The van der Waals surface area contributed by atoms with E-state index in [1.807, 2.05) is 31.2 Å². The van der Waals surface area contributed by atoms with Gasteiger partial charge in [0.2, 0.25) is 11.8 Å². The fourth-order valence-corrected chi connectivity index (χ4v) is 2.19. The van der Waals surface area contributed by atoms with Crippen molar-refractivity contribution in [2.24, 2.45) is 0 Å². The van der Waals surface area contributed by atoms with Crippen LogP contribution in [0.2, 0.25) is 0 Å². The lowest BCUT2D eigenvalue weighted by Gasteiger charge is -2.34. The summed E-state index contributed by atoms with van der Waals surface area (Å²) in [6.45, 7) is 6.44. The van der Waals surface area contributed by atoms with E-state index in [0.717, 1.165) is 11.1 Å². The lowest BCUT2D eigenvalue weighted by atomic mass is 10.0. The van der Waals surface area contributed by atoms with E-state index in [1.165, 1.54) is 6.08 Å². The average molecular weight is 244 g/mol. The SMILES string of the molecule is C=CC(=O)N1CCNC(=O)C1c1cccc(C)c1. The van der Waals surface area contributed by atoms with E-state index >= 15 is 0 Å². The van der Waals surface area contributed by atoms with Crippen LogP contribution < -0.4 is 5.32 Å². The molecule has 0 aliphatic carbocycles. The molecule has 4 heteroatoms. The third-order valence-corrected chi connectivity index (χ3v) is 3.03. The van der Waals surface area contributed by atoms with Crippen molar-refractivity contribution in [2.75, 3.05) is 13.1 Å². The molecule has 0 saturated carbocycles. The minimum atomic E-state index is -0.552. The molecule has 1 N–H and O–H groups in total. The van der Waals surface area contributed by atoms with Crippen LogP contribution in [0.3, 0.4) is 0 Å². The molecule has 1 unspecified atom stereocenters. The van der Waals surface area contributed by atoms with Gasteiger partial charge >= 0.3 is 0 Å². The molecule has 1 aliphatic heterocycles. The number of hydrogen-bond donors (Lipinski definition) is 1. The molecule has 1 saturated heterocycles. The highest BCUT2D eigenvalue weighted by Gasteiger charge is 2.33. The maximum absolute atomic E-state index is 12.0. The molecule has 2 rings (SSSR count). The number of piperazine rings is 1. The van der Waals surface area contributed by atoms with Crippen molar-refractivity contribution in [1.29, 1.82) is 0 Å². The predicted molar refractivity (Wildman–Crippen MR) is 68.8 cm³/mol. The second-order valence-electron chi connectivity index (χ2n) is 4.34. The van der Waals surface area contributed by atoms with Crippen LogP contribution in [0.25, 0.3) is 0 Å². The van der Waals surface area contributed by atoms with Crippen LogP contribution in [0.4, 0.5) is 0 Å². The Morgan fingerprint density at radius 3 is 3.00 bits per heavy atom. The second-order valence-corrected chi connectivity index (χ2v) is 4.34. The molecule has 94 valence electrons. The summed E-state index contributed by atoms with van der Waals surface area (Å²) in [7, 11) is 0. The molecule has 1 atom stereocenters. The van der Waals surface area contributed by atoms with Crippen LogP contribution in [0.1, 0.15) is 17.2 Å². The second kappa shape index (κ2) is 5.04. The first kappa shape index (κ1) is 12.4. The van der Waals surface area contributed by atoms with Gasteiger partial charge in [-0.3, -0.25) is 9.59 Å². The molecule has 1 aromatic carbocycles. The Morgan fingerprint density at radius 2 is 2.33 bits per heavy atom. The van der Waals surface area contributed by atoms with Gasteiger partial charge in [0.05, 0.1) is 0 Å². The van der Waals surface area contributed by atoms with Crippen LogP contribution >= 0.6 is 0 Å². The first-order chi connectivity index (χ1) is 8.63. The van der Waals surface area contributed by atoms with E-state index < -0.39 is 6.04 Å². The Labute approximate surface area is 106 Å². The van der Waals surface area contributed by atoms with Crippen molar-refractivity contribution < 1.29 is 9.59 Å². The Kier molecular flexibility index (Phi) is 3.46. The van der Waals surface area contributed by atoms with Gasteiger partial charge in [-0.1, -0.05) is 36.4 Å². The highest BCUT2D eigenvalue weighted by molar-refractivity contribution is 5.94. The standard InChI is InChI=1S/C14H16N2O2/c1-3-12(17)16-8-7-15-14(18)13(16)11-6-4-5-10(2)9-11/h3-6,9,13H,1,7-8H2,2H3,(H,15,18). The third-order valence-electron chi connectivity index (χ3n) is 3.03. The van der Waals surface area contributed by atoms with Gasteiger partial charge in [0, 0.05) is 13.1 Å². The van der Waals surface area contributed by atoms with Gasteiger partial charge in [0.15, 0.2) is 0 Å². The largest absolute Gasteiger partial charge is 0.352 e. The number of nitrogens with zero attached hydrogens (tertiary/aromatic N) is 1. The van der Waals surface area contributed by atoms with Gasteiger partial charge in [-0.05, 0) is 18.6 Å². The Morgan fingerprint density at radius 1 is 1.56 bits per heavy atom. The molecular formula is C14H16N2O2. The molecule has 1 heterocycles. The molecule has 0 spiro atoms. The van der Waals surface area contributed by atoms with E-state index in [-0.39, 0.29) is 11.8 Å². The van der Waals surface area contributed by atoms with Crippen LogP contribution in [0, 0.1) is 6.92 Å². The summed E-state index contributed by atoms with van der Waals surface area (Å²) in [6, 6.07) is 7.10. The minimum absolute atomic E-state index is 0.137. The van der Waals surface area contributed by atoms with Gasteiger partial charge in [-0.25, -0.2) is 0 Å². The maximum atomic E-state index is 12.0. The molecule has 1 aliphatic rings. The lowest BCUT2D eigenvalue weighted by molar-refractivity contribution is -0.140. The first-order valence-electron chi connectivity index (χ1n) is 5.91. The minimum Gasteiger partial charge on any atom is -0.352 e. The molecule has 1 aromatic rings. The molecule has 0 aromatic heterocycles. The van der Waals surface area contributed by atoms with E-state index in [9.17, 15) is 9.59 Å². The monoisotopic (exact) mass is 244 g/mol. The van der Waals surface area contributed by atoms with Gasteiger partial charge in [0.25, 0.3) is 0 Å². The van der Waals surface area contributed by atoms with Crippen LogP contribution in [0.15, 0.2) is 36.9 Å². The summed E-state index contributed by atoms with van der Waals surface area (Å²) in [5.41, 5.74) is 1.90. The number of benzene rings is 1. The third kappa shape index (κ3) is 2.27. The summed E-state index contributed by atoms with van der Waals surface area (Å²) in [4.78, 5) is 25.4. The van der Waals surface area contributed by atoms with Crippen LogP contribution in [-0.2, 0) is 9.59 Å². The van der Waals surface area contributed by atoms with Crippen molar-refractivity contribution in [1.82, 2.24) is 10.2 Å². The summed E-state index contributed by atoms with van der Waals surface area (Å²) in [6.07, 6.45) is 1.25. The fraction of sp³-hybridized carbons (Fsp3) is 0.286. The highest BCUT2D eigenvalue weighted by Crippen LogP contribution is 2.24. The summed E-state index contributed by atoms with van der Waals surface area (Å²) in [5.74, 6) is -0.349.